The molecule has 0 unspecified atom stereocenters. The van der Waals surface area contributed by atoms with Gasteiger partial charge in [0.25, 0.3) is 5.95 Å². The van der Waals surface area contributed by atoms with Gasteiger partial charge in [-0.2, -0.15) is 0 Å². The Kier molecular flexibility index (Phi) is 3.53. The highest BCUT2D eigenvalue weighted by Crippen LogP contribution is 2.38. The fourth-order valence-corrected chi connectivity index (χ4v) is 2.14. The summed E-state index contributed by atoms with van der Waals surface area (Å²) in [5.41, 5.74) is 0.503. The van der Waals surface area contributed by atoms with Gasteiger partial charge in [-0.15, -0.1) is 0 Å². The number of hydrogen-bond donors (Lipinski definition) is 0. The number of furan rings is 1. The molecule has 0 fully saturated rings. The summed E-state index contributed by atoms with van der Waals surface area (Å²) in [7, 11) is 3.12. The van der Waals surface area contributed by atoms with Crippen molar-refractivity contribution >= 4 is 21.9 Å². The normalized spacial score (nSPS) is 11.1. The van der Waals surface area contributed by atoms with Crippen LogP contribution >= 0.6 is 0 Å². The lowest BCUT2D eigenvalue weighted by atomic mass is 10.1. The van der Waals surface area contributed by atoms with Gasteiger partial charge in [0.05, 0.1) is 24.5 Å². The number of ether oxygens (including phenoxy) is 3. The summed E-state index contributed by atoms with van der Waals surface area (Å²) in [6.45, 7) is 0.820. The van der Waals surface area contributed by atoms with Gasteiger partial charge in [0.2, 0.25) is 0 Å². The predicted molar refractivity (Wildman–Crippen MR) is 76.2 cm³/mol. The van der Waals surface area contributed by atoms with Gasteiger partial charge in [0.1, 0.15) is 23.5 Å². The van der Waals surface area contributed by atoms with Crippen molar-refractivity contribution in [2.24, 2.45) is 0 Å². The van der Waals surface area contributed by atoms with Gasteiger partial charge < -0.3 is 23.0 Å². The van der Waals surface area contributed by atoms with Crippen molar-refractivity contribution in [3.05, 3.63) is 34.7 Å². The van der Waals surface area contributed by atoms with E-state index in [1.807, 2.05) is 0 Å². The quantitative estimate of drug-likeness (QED) is 0.531. The highest BCUT2D eigenvalue weighted by Gasteiger charge is 2.15. The molecule has 2 heterocycles. The molecule has 0 aliphatic heterocycles. The molecule has 21 heavy (non-hydrogen) atoms. The molecule has 2 aromatic heterocycles. The number of methoxy groups -OCH3 is 2. The maximum absolute atomic E-state index is 11.4. The van der Waals surface area contributed by atoms with Crippen LogP contribution in [0.3, 0.4) is 0 Å². The van der Waals surface area contributed by atoms with Crippen LogP contribution in [0.1, 0.15) is 0 Å². The van der Waals surface area contributed by atoms with E-state index < -0.39 is 5.63 Å². The molecule has 0 amide bonds. The van der Waals surface area contributed by atoms with E-state index in [0.717, 1.165) is 5.39 Å². The van der Waals surface area contributed by atoms with Crippen molar-refractivity contribution in [1.82, 2.24) is 0 Å². The largest absolute Gasteiger partial charge is 0.490 e. The summed E-state index contributed by atoms with van der Waals surface area (Å²) in [6.07, 6.45) is 0. The van der Waals surface area contributed by atoms with Gasteiger partial charge in [-0.1, -0.05) is 0 Å². The van der Waals surface area contributed by atoms with Crippen LogP contribution in [0.2, 0.25) is 0 Å². The minimum atomic E-state index is -0.428. The van der Waals surface area contributed by atoms with Crippen molar-refractivity contribution in [2.45, 2.75) is 0 Å². The first kappa shape index (κ1) is 13.5. The lowest BCUT2D eigenvalue weighted by Crippen LogP contribution is -2.05. The average Bonchev–Trinajstić information content (AvgIpc) is 2.89. The Hall–Kier alpha value is -2.47. The van der Waals surface area contributed by atoms with E-state index >= 15 is 0 Å². The van der Waals surface area contributed by atoms with Crippen molar-refractivity contribution < 1.29 is 23.0 Å². The first-order valence-electron chi connectivity index (χ1n) is 6.39. The molecule has 0 aliphatic rings. The molecule has 110 valence electrons. The van der Waals surface area contributed by atoms with E-state index in [2.05, 4.69) is 0 Å². The Morgan fingerprint density at radius 1 is 1.00 bits per heavy atom. The third kappa shape index (κ3) is 2.45. The van der Waals surface area contributed by atoms with Crippen molar-refractivity contribution in [3.63, 3.8) is 0 Å². The molecule has 3 aromatic rings. The average molecular weight is 290 g/mol. The predicted octanol–water partition coefficient (Wildman–Crippen LogP) is 2.57. The molecule has 0 saturated carbocycles. The minimum absolute atomic E-state index is 0.360. The Labute approximate surface area is 119 Å². The van der Waals surface area contributed by atoms with Crippen LogP contribution in [0, 0.1) is 0 Å². The van der Waals surface area contributed by atoms with Gasteiger partial charge in [0, 0.05) is 25.3 Å². The molecule has 6 nitrogen and oxygen atoms in total. The van der Waals surface area contributed by atoms with Crippen molar-refractivity contribution in [2.75, 3.05) is 27.4 Å². The maximum atomic E-state index is 11.4. The third-order valence-electron chi connectivity index (χ3n) is 3.09. The fourth-order valence-electron chi connectivity index (χ4n) is 2.14. The van der Waals surface area contributed by atoms with Crippen LogP contribution < -0.4 is 15.1 Å². The molecule has 3 rings (SSSR count). The van der Waals surface area contributed by atoms with Gasteiger partial charge in [-0.3, -0.25) is 0 Å². The number of benzene rings is 1. The van der Waals surface area contributed by atoms with Crippen LogP contribution in [0.4, 0.5) is 0 Å². The topological polar surface area (TPSA) is 71.0 Å². The molecule has 0 spiro atoms. The number of hydrogen-bond acceptors (Lipinski definition) is 6. The van der Waals surface area contributed by atoms with Crippen LogP contribution in [0.5, 0.6) is 11.7 Å². The maximum Gasteiger partial charge on any atom is 0.336 e. The summed E-state index contributed by atoms with van der Waals surface area (Å²) in [6, 6.07) is 6.41. The summed E-state index contributed by atoms with van der Waals surface area (Å²) in [4.78, 5) is 11.4. The van der Waals surface area contributed by atoms with E-state index in [1.54, 1.807) is 25.3 Å². The van der Waals surface area contributed by atoms with Crippen LogP contribution in [0.15, 0.2) is 37.9 Å². The SMILES string of the molecule is COCCOc1c2cc(OC)oc2cc2oc(=O)ccc12. The number of rotatable bonds is 5. The van der Waals surface area contributed by atoms with Gasteiger partial charge in [-0.05, 0) is 6.07 Å². The van der Waals surface area contributed by atoms with E-state index in [9.17, 15) is 4.79 Å². The first-order valence-corrected chi connectivity index (χ1v) is 6.39. The van der Waals surface area contributed by atoms with Crippen LogP contribution in [0.25, 0.3) is 21.9 Å². The third-order valence-corrected chi connectivity index (χ3v) is 3.09. The summed E-state index contributed by atoms with van der Waals surface area (Å²) >= 11 is 0. The zero-order valence-electron chi connectivity index (χ0n) is 11.7. The lowest BCUT2D eigenvalue weighted by molar-refractivity contribution is 0.148. The molecule has 1 aromatic carbocycles. The second-order valence-electron chi connectivity index (χ2n) is 4.39. The number of fused-ring (bicyclic) bond motifs is 2. The second-order valence-corrected chi connectivity index (χ2v) is 4.39. The lowest BCUT2D eigenvalue weighted by Gasteiger charge is -2.09. The Morgan fingerprint density at radius 3 is 2.57 bits per heavy atom. The molecule has 0 saturated heterocycles. The Morgan fingerprint density at radius 2 is 1.81 bits per heavy atom. The molecule has 0 atom stereocenters. The Bertz CT molecular complexity index is 829. The smallest absolute Gasteiger partial charge is 0.336 e. The zero-order valence-corrected chi connectivity index (χ0v) is 11.7. The zero-order chi connectivity index (χ0) is 14.8. The van der Waals surface area contributed by atoms with Crippen molar-refractivity contribution in [1.29, 1.82) is 0 Å². The monoisotopic (exact) mass is 290 g/mol. The molecule has 0 N–H and O–H groups in total. The molecule has 0 radical (unpaired) electrons. The fraction of sp³-hybridized carbons (Fsp3) is 0.267. The van der Waals surface area contributed by atoms with Crippen LogP contribution in [-0.2, 0) is 4.74 Å². The minimum Gasteiger partial charge on any atom is -0.490 e. The standard InChI is InChI=1S/C15H14O6/c1-17-5-6-19-15-9-3-4-13(16)20-11(9)8-12-10(15)7-14(18-2)21-12/h3-4,7-8H,5-6H2,1-2H3. The molecule has 0 aliphatic carbocycles. The molecular weight excluding hydrogens is 276 g/mol. The summed E-state index contributed by atoms with van der Waals surface area (Å²) in [5, 5.41) is 1.45. The van der Waals surface area contributed by atoms with E-state index in [4.69, 9.17) is 23.0 Å². The van der Waals surface area contributed by atoms with E-state index in [1.165, 1.54) is 13.2 Å². The molecule has 0 bridgehead atoms. The summed E-state index contributed by atoms with van der Waals surface area (Å²) in [5.74, 6) is 0.939. The molecular formula is C15H14O6. The molecule has 6 heteroatoms. The summed E-state index contributed by atoms with van der Waals surface area (Å²) < 4.78 is 26.6. The highest BCUT2D eigenvalue weighted by atomic mass is 16.6. The second kappa shape index (κ2) is 5.49. The van der Waals surface area contributed by atoms with Gasteiger partial charge in [0.15, 0.2) is 0 Å². The van der Waals surface area contributed by atoms with E-state index in [0.29, 0.717) is 41.5 Å². The van der Waals surface area contributed by atoms with Crippen molar-refractivity contribution in [3.8, 4) is 11.7 Å². The van der Waals surface area contributed by atoms with E-state index in [-0.39, 0.29) is 0 Å². The van der Waals surface area contributed by atoms with Crippen LogP contribution in [-0.4, -0.2) is 27.4 Å². The van der Waals surface area contributed by atoms with Gasteiger partial charge >= 0.3 is 5.63 Å². The van der Waals surface area contributed by atoms with Gasteiger partial charge in [-0.25, -0.2) is 4.79 Å². The highest BCUT2D eigenvalue weighted by molar-refractivity contribution is 6.01. The first-order chi connectivity index (χ1) is 10.2. The Balaban J connectivity index is 2.23.